The van der Waals surface area contributed by atoms with Crippen LogP contribution in [0.2, 0.25) is 0 Å². The lowest BCUT2D eigenvalue weighted by Gasteiger charge is -2.02. The molecule has 0 radical (unpaired) electrons. The highest BCUT2D eigenvalue weighted by Gasteiger charge is 2.20. The molecule has 7 heteroatoms. The van der Waals surface area contributed by atoms with Crippen molar-refractivity contribution in [2.45, 2.75) is 26.1 Å². The van der Waals surface area contributed by atoms with Crippen molar-refractivity contribution < 1.29 is 19.2 Å². The molecule has 7 nitrogen and oxygen atoms in total. The number of carboxylic acid groups (broad SMARTS) is 1. The van der Waals surface area contributed by atoms with Crippen LogP contribution in [0.3, 0.4) is 0 Å². The third-order valence-electron chi connectivity index (χ3n) is 2.14. The number of hydrogen-bond acceptors (Lipinski definition) is 5. The van der Waals surface area contributed by atoms with Crippen LogP contribution in [0.25, 0.3) is 0 Å². The highest BCUT2D eigenvalue weighted by atomic mass is 16.6. The van der Waals surface area contributed by atoms with Crippen LogP contribution in [-0.2, 0) is 22.7 Å². The van der Waals surface area contributed by atoms with Crippen molar-refractivity contribution in [2.24, 2.45) is 5.73 Å². The molecule has 1 heterocycles. The highest BCUT2D eigenvalue weighted by molar-refractivity contribution is 5.73. The summed E-state index contributed by atoms with van der Waals surface area (Å²) in [6, 6.07) is -1.11. The summed E-state index contributed by atoms with van der Waals surface area (Å²) in [6.45, 7) is 1.57. The maximum Gasteiger partial charge on any atom is 0.320 e. The second-order valence-corrected chi connectivity index (χ2v) is 3.38. The molecule has 0 fully saturated rings. The van der Waals surface area contributed by atoms with Gasteiger partial charge < -0.3 is 20.1 Å². The van der Waals surface area contributed by atoms with E-state index >= 15 is 0 Å². The van der Waals surface area contributed by atoms with Gasteiger partial charge in [0.2, 0.25) is 0 Å². The molecule has 1 atom stereocenters. The molecule has 1 unspecified atom stereocenters. The first kappa shape index (κ1) is 12.5. The molecule has 0 saturated heterocycles. The van der Waals surface area contributed by atoms with Crippen LogP contribution < -0.4 is 11.3 Å². The Morgan fingerprint density at radius 1 is 1.69 bits per heavy atom. The van der Waals surface area contributed by atoms with Crippen LogP contribution >= 0.6 is 0 Å². The van der Waals surface area contributed by atoms with Crippen LogP contribution in [0.5, 0.6) is 0 Å². The lowest BCUT2D eigenvalue weighted by Crippen LogP contribution is -2.34. The van der Waals surface area contributed by atoms with Crippen LogP contribution in [0.4, 0.5) is 0 Å². The molecule has 90 valence electrons. The molecule has 0 saturated carbocycles. The number of nitrogens with zero attached hydrogens (tertiary/aromatic N) is 1. The lowest BCUT2D eigenvalue weighted by atomic mass is 10.1. The highest BCUT2D eigenvalue weighted by Crippen LogP contribution is 2.06. The second-order valence-electron chi connectivity index (χ2n) is 3.38. The number of methoxy groups -OCH3 is 1. The minimum atomic E-state index is -1.15. The maximum atomic E-state index is 11.7. The van der Waals surface area contributed by atoms with Crippen molar-refractivity contribution in [1.82, 2.24) is 4.74 Å². The van der Waals surface area contributed by atoms with Crippen molar-refractivity contribution in [1.29, 1.82) is 0 Å². The molecule has 16 heavy (non-hydrogen) atoms. The van der Waals surface area contributed by atoms with Crippen molar-refractivity contribution in [3.8, 4) is 0 Å². The molecule has 0 aliphatic heterocycles. The number of aliphatic carboxylic acids is 1. The van der Waals surface area contributed by atoms with Gasteiger partial charge in [-0.1, -0.05) is 0 Å². The third-order valence-corrected chi connectivity index (χ3v) is 2.14. The number of aryl methyl sites for hydroxylation is 1. The number of rotatable bonds is 5. The van der Waals surface area contributed by atoms with Crippen LogP contribution in [0.15, 0.2) is 9.32 Å². The molecule has 0 spiro atoms. The van der Waals surface area contributed by atoms with Gasteiger partial charge in [-0.3, -0.25) is 9.59 Å². The van der Waals surface area contributed by atoms with E-state index in [4.69, 9.17) is 20.1 Å². The van der Waals surface area contributed by atoms with E-state index in [9.17, 15) is 9.59 Å². The predicted octanol–water partition coefficient (Wildman–Crippen LogP) is -0.692. The first-order chi connectivity index (χ1) is 7.47. The number of carbonyl (C=O) groups is 1. The standard InChI is InChI=1S/C9H14N2O5/c1-5-6(3-7(10)9(13)14)8(12)11(16-5)4-15-2/h7H,3-4,10H2,1-2H3,(H,13,14). The Balaban J connectivity index is 2.96. The molecule has 1 aromatic heterocycles. The summed E-state index contributed by atoms with van der Waals surface area (Å²) in [4.78, 5) is 22.2. The zero-order valence-corrected chi connectivity index (χ0v) is 9.10. The largest absolute Gasteiger partial charge is 0.480 e. The summed E-state index contributed by atoms with van der Waals surface area (Å²) < 4.78 is 10.9. The predicted molar refractivity (Wildman–Crippen MR) is 54.0 cm³/mol. The number of hydrogen-bond donors (Lipinski definition) is 2. The molecule has 3 N–H and O–H groups in total. The molecule has 0 aliphatic carbocycles. The van der Waals surface area contributed by atoms with Crippen molar-refractivity contribution in [2.75, 3.05) is 7.11 Å². The molecule has 0 amide bonds. The van der Waals surface area contributed by atoms with Gasteiger partial charge in [0.05, 0.1) is 5.56 Å². The van der Waals surface area contributed by atoms with Gasteiger partial charge in [-0.25, -0.2) is 0 Å². The molecule has 1 rings (SSSR count). The van der Waals surface area contributed by atoms with E-state index < -0.39 is 17.6 Å². The maximum absolute atomic E-state index is 11.7. The van der Waals surface area contributed by atoms with Gasteiger partial charge in [-0.05, 0) is 6.92 Å². The molecule has 0 bridgehead atoms. The Morgan fingerprint density at radius 3 is 2.81 bits per heavy atom. The summed E-state index contributed by atoms with van der Waals surface area (Å²) >= 11 is 0. The monoisotopic (exact) mass is 230 g/mol. The first-order valence-electron chi connectivity index (χ1n) is 4.64. The van der Waals surface area contributed by atoms with Crippen LogP contribution in [-0.4, -0.2) is 29.0 Å². The summed E-state index contributed by atoms with van der Waals surface area (Å²) in [5, 5.41) is 8.65. The summed E-state index contributed by atoms with van der Waals surface area (Å²) in [5.74, 6) is -0.794. The fraction of sp³-hybridized carbons (Fsp3) is 0.556. The van der Waals surface area contributed by atoms with Gasteiger partial charge in [-0.15, -0.1) is 4.74 Å². The minimum Gasteiger partial charge on any atom is -0.480 e. The first-order valence-corrected chi connectivity index (χ1v) is 4.64. The van der Waals surface area contributed by atoms with E-state index in [0.29, 0.717) is 5.76 Å². The number of ether oxygens (including phenoxy) is 1. The summed E-state index contributed by atoms with van der Waals surface area (Å²) in [7, 11) is 1.42. The zero-order chi connectivity index (χ0) is 12.3. The molecule has 1 aromatic rings. The Hall–Kier alpha value is -1.60. The van der Waals surface area contributed by atoms with E-state index in [0.717, 1.165) is 4.74 Å². The lowest BCUT2D eigenvalue weighted by molar-refractivity contribution is -0.138. The number of nitrogens with two attached hydrogens (primary N) is 1. The van der Waals surface area contributed by atoms with Crippen molar-refractivity contribution in [3.05, 3.63) is 21.7 Å². The topological polar surface area (TPSA) is 108 Å². The Morgan fingerprint density at radius 2 is 2.31 bits per heavy atom. The minimum absolute atomic E-state index is 0.0119. The van der Waals surface area contributed by atoms with Gasteiger partial charge in [0.15, 0.2) is 6.73 Å². The van der Waals surface area contributed by atoms with Gasteiger partial charge in [0.25, 0.3) is 5.56 Å². The third kappa shape index (κ3) is 2.50. The van der Waals surface area contributed by atoms with Crippen molar-refractivity contribution in [3.63, 3.8) is 0 Å². The molecule has 0 aromatic carbocycles. The average Bonchev–Trinajstić information content (AvgIpc) is 2.46. The van der Waals surface area contributed by atoms with Gasteiger partial charge in [0.1, 0.15) is 11.8 Å². The SMILES string of the molecule is COCn1oc(C)c(CC(N)C(=O)O)c1=O. The second kappa shape index (κ2) is 4.95. The summed E-state index contributed by atoms with van der Waals surface area (Å²) in [6.07, 6.45) is -0.0553. The van der Waals surface area contributed by atoms with Crippen LogP contribution in [0, 0.1) is 6.92 Å². The quantitative estimate of drug-likeness (QED) is 0.693. The molecule has 0 aliphatic rings. The van der Waals surface area contributed by atoms with E-state index in [-0.39, 0.29) is 18.7 Å². The fourth-order valence-corrected chi connectivity index (χ4v) is 1.30. The van der Waals surface area contributed by atoms with Gasteiger partial charge in [-0.2, -0.15) is 0 Å². The fourth-order valence-electron chi connectivity index (χ4n) is 1.30. The Bertz CT molecular complexity index is 434. The Labute approximate surface area is 91.4 Å². The normalized spacial score (nSPS) is 12.7. The van der Waals surface area contributed by atoms with Gasteiger partial charge in [0, 0.05) is 13.5 Å². The zero-order valence-electron chi connectivity index (χ0n) is 9.10. The smallest absolute Gasteiger partial charge is 0.320 e. The number of carboxylic acids is 1. The van der Waals surface area contributed by atoms with E-state index in [1.807, 2.05) is 0 Å². The summed E-state index contributed by atoms with van der Waals surface area (Å²) in [5.41, 5.74) is 5.21. The van der Waals surface area contributed by atoms with E-state index in [2.05, 4.69) is 0 Å². The Kier molecular flexibility index (Phi) is 3.86. The van der Waals surface area contributed by atoms with Crippen molar-refractivity contribution >= 4 is 5.97 Å². The number of aromatic nitrogens is 1. The van der Waals surface area contributed by atoms with Crippen LogP contribution in [0.1, 0.15) is 11.3 Å². The average molecular weight is 230 g/mol. The molecular weight excluding hydrogens is 216 g/mol. The van der Waals surface area contributed by atoms with Gasteiger partial charge >= 0.3 is 5.97 Å². The molecular formula is C9H14N2O5. The van der Waals surface area contributed by atoms with E-state index in [1.165, 1.54) is 7.11 Å². The van der Waals surface area contributed by atoms with E-state index in [1.54, 1.807) is 6.92 Å².